The number of nitrogens with one attached hydrogen (secondary N) is 1. The van der Waals surface area contributed by atoms with Crippen molar-refractivity contribution in [2.45, 2.75) is 24.3 Å². The van der Waals surface area contributed by atoms with E-state index in [2.05, 4.69) is 10.4 Å². The fourth-order valence-electron chi connectivity index (χ4n) is 3.16. The van der Waals surface area contributed by atoms with Crippen molar-refractivity contribution < 1.29 is 9.18 Å². The lowest BCUT2D eigenvalue weighted by Gasteiger charge is -2.17. The van der Waals surface area contributed by atoms with E-state index in [0.717, 1.165) is 22.5 Å². The lowest BCUT2D eigenvalue weighted by molar-refractivity contribution is -0.115. The van der Waals surface area contributed by atoms with Crippen LogP contribution in [0.2, 0.25) is 0 Å². The van der Waals surface area contributed by atoms with Gasteiger partial charge in [0.1, 0.15) is 11.6 Å². The number of halogens is 1. The fourth-order valence-corrected chi connectivity index (χ4v) is 4.49. The molecular formula is C20H18FN3OS. The molecule has 1 aliphatic heterocycles. The number of amides is 1. The molecule has 2 unspecified atom stereocenters. The maximum Gasteiger partial charge on any atom is 0.238 e. The minimum Gasteiger partial charge on any atom is -0.309 e. The van der Waals surface area contributed by atoms with Crippen LogP contribution >= 0.6 is 11.8 Å². The maximum absolute atomic E-state index is 13.4. The van der Waals surface area contributed by atoms with Gasteiger partial charge in [-0.15, -0.1) is 11.8 Å². The molecule has 0 fully saturated rings. The normalized spacial score (nSPS) is 19.6. The topological polar surface area (TPSA) is 46.9 Å². The van der Waals surface area contributed by atoms with Gasteiger partial charge in [-0.25, -0.2) is 9.07 Å². The molecule has 4 nitrogen and oxygen atoms in total. The Bertz CT molecular complexity index is 953. The van der Waals surface area contributed by atoms with Crippen molar-refractivity contribution in [1.82, 2.24) is 9.78 Å². The summed E-state index contributed by atoms with van der Waals surface area (Å²) in [5.74, 6) is 0.356. The summed E-state index contributed by atoms with van der Waals surface area (Å²) in [6.45, 7) is 3.83. The summed E-state index contributed by atoms with van der Waals surface area (Å²) in [7, 11) is 0. The molecular weight excluding hydrogens is 349 g/mol. The zero-order chi connectivity index (χ0) is 18.3. The molecule has 0 bridgehead atoms. The van der Waals surface area contributed by atoms with E-state index in [9.17, 15) is 9.18 Å². The summed E-state index contributed by atoms with van der Waals surface area (Å²) in [5.41, 5.74) is 3.65. The summed E-state index contributed by atoms with van der Waals surface area (Å²) in [5, 5.41) is 7.37. The molecule has 0 aliphatic carbocycles. The third-order valence-electron chi connectivity index (χ3n) is 4.49. The lowest BCUT2D eigenvalue weighted by Crippen LogP contribution is -2.22. The van der Waals surface area contributed by atoms with Gasteiger partial charge in [0.15, 0.2) is 0 Å². The maximum atomic E-state index is 13.4. The van der Waals surface area contributed by atoms with Gasteiger partial charge in [0.05, 0.1) is 21.9 Å². The Balaban J connectivity index is 1.90. The van der Waals surface area contributed by atoms with Gasteiger partial charge in [0, 0.05) is 5.56 Å². The molecule has 0 radical (unpaired) electrons. The van der Waals surface area contributed by atoms with Crippen LogP contribution in [0.1, 0.15) is 29.0 Å². The predicted molar refractivity (Wildman–Crippen MR) is 102 cm³/mol. The van der Waals surface area contributed by atoms with E-state index in [-0.39, 0.29) is 22.2 Å². The van der Waals surface area contributed by atoms with E-state index < -0.39 is 0 Å². The molecule has 1 aromatic heterocycles. The van der Waals surface area contributed by atoms with E-state index >= 15 is 0 Å². The number of anilines is 1. The molecule has 26 heavy (non-hydrogen) atoms. The zero-order valence-electron chi connectivity index (χ0n) is 14.4. The van der Waals surface area contributed by atoms with Crippen molar-refractivity contribution in [2.75, 3.05) is 5.32 Å². The van der Waals surface area contributed by atoms with Crippen molar-refractivity contribution in [1.29, 1.82) is 0 Å². The lowest BCUT2D eigenvalue weighted by atomic mass is 10.0. The number of hydrogen-bond donors (Lipinski definition) is 1. The van der Waals surface area contributed by atoms with E-state index in [1.54, 1.807) is 28.6 Å². The SMILES string of the molecule is Cc1nn(-c2ccccc2)c2c1C(c1ccc(F)cc1)SC(C)C(=O)N2. The Morgan fingerprint density at radius 1 is 1.12 bits per heavy atom. The second-order valence-corrected chi connectivity index (χ2v) is 7.74. The van der Waals surface area contributed by atoms with Gasteiger partial charge >= 0.3 is 0 Å². The highest BCUT2D eigenvalue weighted by Gasteiger charge is 2.33. The standard InChI is InChI=1S/C20H18FN3OS/c1-12-17-18(14-8-10-15(21)11-9-14)26-13(2)20(25)22-19(17)24(23-12)16-6-4-3-5-7-16/h3-11,13,18H,1-2H3,(H,22,25). The molecule has 3 aromatic rings. The summed E-state index contributed by atoms with van der Waals surface area (Å²) in [6.07, 6.45) is 0. The average Bonchev–Trinajstić information content (AvgIpc) is 2.89. The summed E-state index contributed by atoms with van der Waals surface area (Å²) in [6, 6.07) is 16.2. The van der Waals surface area contributed by atoms with Gasteiger partial charge in [-0.3, -0.25) is 4.79 Å². The highest BCUT2D eigenvalue weighted by atomic mass is 32.2. The fraction of sp³-hybridized carbons (Fsp3) is 0.200. The summed E-state index contributed by atoms with van der Waals surface area (Å²) in [4.78, 5) is 12.6. The van der Waals surface area contributed by atoms with Crippen molar-refractivity contribution in [3.63, 3.8) is 0 Å². The molecule has 2 heterocycles. The first-order chi connectivity index (χ1) is 12.5. The largest absolute Gasteiger partial charge is 0.309 e. The third-order valence-corrected chi connectivity index (χ3v) is 5.90. The quantitative estimate of drug-likeness (QED) is 0.726. The van der Waals surface area contributed by atoms with Crippen LogP contribution in [-0.4, -0.2) is 20.9 Å². The predicted octanol–water partition coefficient (Wildman–Crippen LogP) is 4.48. The molecule has 2 aromatic carbocycles. The molecule has 132 valence electrons. The molecule has 0 saturated heterocycles. The molecule has 0 spiro atoms. The van der Waals surface area contributed by atoms with Crippen molar-refractivity contribution in [3.8, 4) is 5.69 Å². The van der Waals surface area contributed by atoms with Crippen LogP contribution in [-0.2, 0) is 4.79 Å². The summed E-state index contributed by atoms with van der Waals surface area (Å²) >= 11 is 1.55. The van der Waals surface area contributed by atoms with Crippen molar-refractivity contribution >= 4 is 23.5 Å². The van der Waals surface area contributed by atoms with Crippen molar-refractivity contribution in [2.24, 2.45) is 0 Å². The number of para-hydroxylation sites is 1. The monoisotopic (exact) mass is 367 g/mol. The number of aromatic nitrogens is 2. The number of benzene rings is 2. The molecule has 4 rings (SSSR count). The number of aryl methyl sites for hydroxylation is 1. The van der Waals surface area contributed by atoms with E-state index in [1.807, 2.05) is 44.2 Å². The number of fused-ring (bicyclic) bond motifs is 1. The highest BCUT2D eigenvalue weighted by Crippen LogP contribution is 2.46. The van der Waals surface area contributed by atoms with E-state index in [4.69, 9.17) is 0 Å². The van der Waals surface area contributed by atoms with Gasteiger partial charge in [-0.2, -0.15) is 5.10 Å². The van der Waals surface area contributed by atoms with Gasteiger partial charge in [0.25, 0.3) is 0 Å². The highest BCUT2D eigenvalue weighted by molar-refractivity contribution is 8.01. The van der Waals surface area contributed by atoms with Gasteiger partial charge in [-0.1, -0.05) is 30.3 Å². The van der Waals surface area contributed by atoms with Gasteiger partial charge in [-0.05, 0) is 43.7 Å². The van der Waals surface area contributed by atoms with Crippen LogP contribution in [0.5, 0.6) is 0 Å². The van der Waals surface area contributed by atoms with Crippen LogP contribution < -0.4 is 5.32 Å². The number of carbonyl (C=O) groups excluding carboxylic acids is 1. The third kappa shape index (κ3) is 2.90. The number of thioether (sulfide) groups is 1. The minimum atomic E-state index is -0.272. The Kier molecular flexibility index (Phi) is 4.28. The van der Waals surface area contributed by atoms with E-state index in [0.29, 0.717) is 5.82 Å². The van der Waals surface area contributed by atoms with Crippen LogP contribution in [0.3, 0.4) is 0 Å². The first kappa shape index (κ1) is 16.8. The van der Waals surface area contributed by atoms with Crippen molar-refractivity contribution in [3.05, 3.63) is 77.2 Å². The Morgan fingerprint density at radius 3 is 2.50 bits per heavy atom. The second kappa shape index (κ2) is 6.61. The Morgan fingerprint density at radius 2 is 1.81 bits per heavy atom. The number of rotatable bonds is 2. The molecule has 2 atom stereocenters. The second-order valence-electron chi connectivity index (χ2n) is 6.29. The van der Waals surface area contributed by atoms with E-state index in [1.165, 1.54) is 12.1 Å². The Hall–Kier alpha value is -2.60. The molecule has 1 N–H and O–H groups in total. The van der Waals surface area contributed by atoms with Gasteiger partial charge in [0.2, 0.25) is 5.91 Å². The van der Waals surface area contributed by atoms with Crippen LogP contribution in [0.4, 0.5) is 10.2 Å². The first-order valence-electron chi connectivity index (χ1n) is 8.41. The zero-order valence-corrected chi connectivity index (χ0v) is 15.3. The number of nitrogens with zero attached hydrogens (tertiary/aromatic N) is 2. The summed E-state index contributed by atoms with van der Waals surface area (Å²) < 4.78 is 15.2. The van der Waals surface area contributed by atoms with Crippen LogP contribution in [0, 0.1) is 12.7 Å². The smallest absolute Gasteiger partial charge is 0.238 e. The van der Waals surface area contributed by atoms with Gasteiger partial charge < -0.3 is 5.32 Å². The Labute approximate surface area is 155 Å². The van der Waals surface area contributed by atoms with Crippen LogP contribution in [0.25, 0.3) is 5.69 Å². The molecule has 6 heteroatoms. The number of carbonyl (C=O) groups is 1. The minimum absolute atomic E-state index is 0.0575. The molecule has 0 saturated carbocycles. The van der Waals surface area contributed by atoms with Crippen LogP contribution in [0.15, 0.2) is 54.6 Å². The number of hydrogen-bond acceptors (Lipinski definition) is 3. The molecule has 1 aliphatic rings. The molecule has 1 amide bonds. The average molecular weight is 367 g/mol. The first-order valence-corrected chi connectivity index (χ1v) is 9.35.